The normalized spacial score (nSPS) is 10.9. The van der Waals surface area contributed by atoms with Crippen LogP contribution in [0, 0.1) is 0 Å². The van der Waals surface area contributed by atoms with Crippen LogP contribution in [0.1, 0.15) is 5.01 Å². The van der Waals surface area contributed by atoms with E-state index in [1.165, 1.54) is 9.71 Å². The molecular formula is C13H13N3S2. The lowest BCUT2D eigenvalue weighted by Crippen LogP contribution is -2.19. The van der Waals surface area contributed by atoms with Crippen LogP contribution >= 0.6 is 22.7 Å². The molecule has 5 heteroatoms. The first-order chi connectivity index (χ1) is 8.83. The molecule has 0 aliphatic carbocycles. The summed E-state index contributed by atoms with van der Waals surface area (Å²) >= 11 is 3.45. The molecule has 0 aliphatic rings. The van der Waals surface area contributed by atoms with Crippen molar-refractivity contribution in [2.75, 3.05) is 18.5 Å². The molecule has 0 atom stereocenters. The number of fused-ring (bicyclic) bond motifs is 1. The molecule has 92 valence electrons. The molecule has 0 N–H and O–H groups in total. The van der Waals surface area contributed by atoms with Crippen molar-refractivity contribution in [3.8, 4) is 0 Å². The van der Waals surface area contributed by atoms with E-state index in [-0.39, 0.29) is 0 Å². The lowest BCUT2D eigenvalue weighted by Gasteiger charge is -2.14. The molecule has 2 heterocycles. The van der Waals surface area contributed by atoms with Crippen molar-refractivity contribution in [1.82, 2.24) is 9.97 Å². The summed E-state index contributed by atoms with van der Waals surface area (Å²) in [6.45, 7) is 0.952. The van der Waals surface area contributed by atoms with Crippen molar-refractivity contribution in [3.63, 3.8) is 0 Å². The first-order valence-corrected chi connectivity index (χ1v) is 7.47. The van der Waals surface area contributed by atoms with E-state index in [9.17, 15) is 0 Å². The van der Waals surface area contributed by atoms with E-state index in [1.54, 1.807) is 22.7 Å². The van der Waals surface area contributed by atoms with Crippen molar-refractivity contribution in [2.24, 2.45) is 0 Å². The highest BCUT2D eigenvalue weighted by molar-refractivity contribution is 7.22. The molecule has 0 fully saturated rings. The van der Waals surface area contributed by atoms with Crippen molar-refractivity contribution in [1.29, 1.82) is 0 Å². The maximum Gasteiger partial charge on any atom is 0.186 e. The number of aromatic nitrogens is 2. The Labute approximate surface area is 114 Å². The molecule has 0 bridgehead atoms. The zero-order valence-corrected chi connectivity index (χ0v) is 11.7. The molecule has 0 aliphatic heterocycles. The third kappa shape index (κ3) is 2.37. The minimum Gasteiger partial charge on any atom is -0.351 e. The Morgan fingerprint density at radius 3 is 2.94 bits per heavy atom. The quantitative estimate of drug-likeness (QED) is 0.730. The van der Waals surface area contributed by atoms with Crippen molar-refractivity contribution >= 4 is 38.0 Å². The van der Waals surface area contributed by atoms with E-state index in [0.29, 0.717) is 0 Å². The molecular weight excluding hydrogens is 262 g/mol. The summed E-state index contributed by atoms with van der Waals surface area (Å²) in [5.74, 6) is 0. The number of hydrogen-bond acceptors (Lipinski definition) is 5. The Kier molecular flexibility index (Phi) is 3.25. The first-order valence-electron chi connectivity index (χ1n) is 5.78. The van der Waals surface area contributed by atoms with E-state index >= 15 is 0 Å². The fourth-order valence-electron chi connectivity index (χ4n) is 1.76. The summed E-state index contributed by atoms with van der Waals surface area (Å²) in [6.07, 6.45) is 2.84. The molecule has 3 rings (SSSR count). The van der Waals surface area contributed by atoms with Gasteiger partial charge in [-0.3, -0.25) is 0 Å². The first kappa shape index (κ1) is 11.6. The van der Waals surface area contributed by atoms with Crippen LogP contribution in [0.4, 0.5) is 5.13 Å². The maximum absolute atomic E-state index is 4.64. The van der Waals surface area contributed by atoms with Gasteiger partial charge in [-0.2, -0.15) is 0 Å². The van der Waals surface area contributed by atoms with Crippen LogP contribution in [-0.4, -0.2) is 23.6 Å². The van der Waals surface area contributed by atoms with Crippen molar-refractivity contribution in [2.45, 2.75) is 6.42 Å². The molecule has 0 amide bonds. The van der Waals surface area contributed by atoms with Gasteiger partial charge >= 0.3 is 0 Å². The van der Waals surface area contributed by atoms with Gasteiger partial charge in [0.05, 0.1) is 15.2 Å². The van der Waals surface area contributed by atoms with E-state index in [1.807, 2.05) is 17.6 Å². The average Bonchev–Trinajstić information content (AvgIpc) is 3.04. The van der Waals surface area contributed by atoms with Gasteiger partial charge in [0.2, 0.25) is 0 Å². The maximum atomic E-state index is 4.64. The fraction of sp³-hybridized carbons (Fsp3) is 0.231. The second kappa shape index (κ2) is 5.04. The van der Waals surface area contributed by atoms with Gasteiger partial charge in [-0.1, -0.05) is 23.5 Å². The molecule has 0 unspecified atom stereocenters. The predicted octanol–water partition coefficient (Wildman–Crippen LogP) is 3.43. The van der Waals surface area contributed by atoms with E-state index < -0.39 is 0 Å². The molecule has 0 saturated heterocycles. The third-order valence-electron chi connectivity index (χ3n) is 2.75. The minimum absolute atomic E-state index is 0.952. The highest BCUT2D eigenvalue weighted by atomic mass is 32.1. The molecule has 3 nitrogen and oxygen atoms in total. The number of thiazole rings is 2. The Balaban J connectivity index is 1.73. The zero-order chi connectivity index (χ0) is 12.4. The topological polar surface area (TPSA) is 29.0 Å². The number of nitrogens with zero attached hydrogens (tertiary/aromatic N) is 3. The number of rotatable bonds is 4. The molecule has 0 radical (unpaired) electrons. The second-order valence-corrected chi connectivity index (χ2v) is 6.05. The van der Waals surface area contributed by atoms with Gasteiger partial charge in [0, 0.05) is 31.6 Å². The minimum atomic E-state index is 0.952. The summed E-state index contributed by atoms with van der Waals surface area (Å²) in [5, 5.41) is 4.28. The Hall–Kier alpha value is -1.46. The smallest absolute Gasteiger partial charge is 0.186 e. The predicted molar refractivity (Wildman–Crippen MR) is 78.7 cm³/mol. The van der Waals surface area contributed by atoms with E-state index in [4.69, 9.17) is 0 Å². The van der Waals surface area contributed by atoms with Gasteiger partial charge in [-0.15, -0.1) is 11.3 Å². The second-order valence-electron chi connectivity index (χ2n) is 4.06. The van der Waals surface area contributed by atoms with E-state index in [2.05, 4.69) is 40.1 Å². The van der Waals surface area contributed by atoms with Gasteiger partial charge in [-0.25, -0.2) is 9.97 Å². The Morgan fingerprint density at radius 1 is 1.28 bits per heavy atom. The van der Waals surface area contributed by atoms with Crippen LogP contribution in [0.2, 0.25) is 0 Å². The highest BCUT2D eigenvalue weighted by Crippen LogP contribution is 2.27. The molecule has 0 saturated carbocycles. The molecule has 18 heavy (non-hydrogen) atoms. The lowest BCUT2D eigenvalue weighted by atomic mass is 10.3. The largest absolute Gasteiger partial charge is 0.351 e. The standard InChI is InChI=1S/C13H13N3S2/c1-16(8-6-12-14-7-9-17-12)13-15-10-4-2-3-5-11(10)18-13/h2-5,7,9H,6,8H2,1H3. The van der Waals surface area contributed by atoms with Crippen molar-refractivity contribution < 1.29 is 0 Å². The average molecular weight is 275 g/mol. The van der Waals surface area contributed by atoms with Gasteiger partial charge < -0.3 is 4.90 Å². The van der Waals surface area contributed by atoms with Crippen LogP contribution in [0.5, 0.6) is 0 Å². The number of hydrogen-bond donors (Lipinski definition) is 0. The van der Waals surface area contributed by atoms with E-state index in [0.717, 1.165) is 23.6 Å². The Bertz CT molecular complexity index is 598. The molecule has 1 aromatic carbocycles. The summed E-state index contributed by atoms with van der Waals surface area (Å²) in [5.41, 5.74) is 1.08. The summed E-state index contributed by atoms with van der Waals surface area (Å²) in [4.78, 5) is 11.1. The molecule has 3 aromatic rings. The summed E-state index contributed by atoms with van der Waals surface area (Å²) < 4.78 is 1.24. The summed E-state index contributed by atoms with van der Waals surface area (Å²) in [7, 11) is 2.09. The van der Waals surface area contributed by atoms with Crippen LogP contribution in [0.25, 0.3) is 10.2 Å². The number of para-hydroxylation sites is 1. The summed E-state index contributed by atoms with van der Waals surface area (Å²) in [6, 6.07) is 8.26. The van der Waals surface area contributed by atoms with Gasteiger partial charge in [0.1, 0.15) is 0 Å². The molecule has 2 aromatic heterocycles. The number of anilines is 1. The Morgan fingerprint density at radius 2 is 2.17 bits per heavy atom. The molecule has 0 spiro atoms. The van der Waals surface area contributed by atoms with Crippen LogP contribution in [0.15, 0.2) is 35.8 Å². The fourth-order valence-corrected chi connectivity index (χ4v) is 3.32. The highest BCUT2D eigenvalue weighted by Gasteiger charge is 2.08. The van der Waals surface area contributed by atoms with Crippen LogP contribution < -0.4 is 4.90 Å². The van der Waals surface area contributed by atoms with Crippen LogP contribution in [0.3, 0.4) is 0 Å². The van der Waals surface area contributed by atoms with Gasteiger partial charge in [0.15, 0.2) is 5.13 Å². The third-order valence-corrected chi connectivity index (χ3v) is 4.74. The number of likely N-dealkylation sites (N-methyl/N-ethyl adjacent to an activating group) is 1. The lowest BCUT2D eigenvalue weighted by molar-refractivity contribution is 0.866. The van der Waals surface area contributed by atoms with Crippen molar-refractivity contribution in [3.05, 3.63) is 40.8 Å². The van der Waals surface area contributed by atoms with Gasteiger partial charge in [0.25, 0.3) is 0 Å². The van der Waals surface area contributed by atoms with Crippen LogP contribution in [-0.2, 0) is 6.42 Å². The zero-order valence-electron chi connectivity index (χ0n) is 10.0. The monoisotopic (exact) mass is 275 g/mol. The number of benzene rings is 1. The SMILES string of the molecule is CN(CCc1nccs1)c1nc2ccccc2s1. The van der Waals surface area contributed by atoms with Gasteiger partial charge in [-0.05, 0) is 12.1 Å².